The van der Waals surface area contributed by atoms with Gasteiger partial charge in [0.1, 0.15) is 12.4 Å². The number of piperidine rings is 1. The van der Waals surface area contributed by atoms with Crippen molar-refractivity contribution in [3.8, 4) is 5.75 Å². The number of amides is 1. The topological polar surface area (TPSA) is 92.3 Å². The highest BCUT2D eigenvalue weighted by atomic mass is 19.2. The van der Waals surface area contributed by atoms with E-state index < -0.39 is 29.3 Å². The zero-order valence-electron chi connectivity index (χ0n) is 18.6. The number of rotatable bonds is 6. The Balaban J connectivity index is 1.41. The second kappa shape index (κ2) is 9.94. The van der Waals surface area contributed by atoms with E-state index in [2.05, 4.69) is 25.6 Å². The monoisotopic (exact) mass is 472 g/mol. The molecule has 1 amide bonds. The lowest BCUT2D eigenvalue weighted by Gasteiger charge is -2.32. The third-order valence-corrected chi connectivity index (χ3v) is 5.46. The van der Waals surface area contributed by atoms with Crippen LogP contribution in [-0.2, 0) is 4.79 Å². The van der Waals surface area contributed by atoms with Crippen LogP contribution in [0.15, 0.2) is 36.7 Å². The molecule has 34 heavy (non-hydrogen) atoms. The predicted octanol–water partition coefficient (Wildman–Crippen LogP) is 4.35. The van der Waals surface area contributed by atoms with Gasteiger partial charge in [-0.1, -0.05) is 6.07 Å². The van der Waals surface area contributed by atoms with Crippen LogP contribution in [0.4, 0.5) is 36.4 Å². The number of carbonyl (C=O) groups excluding carboxylic acids is 1. The molecule has 0 bridgehead atoms. The van der Waals surface area contributed by atoms with Crippen molar-refractivity contribution in [3.63, 3.8) is 0 Å². The number of anilines is 4. The fourth-order valence-corrected chi connectivity index (χ4v) is 3.67. The molecule has 0 atom stereocenters. The van der Waals surface area contributed by atoms with Crippen molar-refractivity contribution in [1.29, 1.82) is 0 Å². The predicted molar refractivity (Wildman–Crippen MR) is 121 cm³/mol. The second-order valence-corrected chi connectivity index (χ2v) is 7.87. The lowest BCUT2D eigenvalue weighted by Crippen LogP contribution is -2.39. The molecule has 4 rings (SSSR count). The van der Waals surface area contributed by atoms with E-state index in [1.165, 1.54) is 13.3 Å². The van der Waals surface area contributed by atoms with Crippen molar-refractivity contribution in [2.45, 2.75) is 32.8 Å². The molecule has 11 heteroatoms. The van der Waals surface area contributed by atoms with Gasteiger partial charge in [-0.3, -0.25) is 4.79 Å². The van der Waals surface area contributed by atoms with Gasteiger partial charge in [-0.15, -0.1) is 0 Å². The largest absolute Gasteiger partial charge is 0.484 e. The highest BCUT2D eigenvalue weighted by Crippen LogP contribution is 2.29. The molecule has 178 valence electrons. The Morgan fingerprint density at radius 2 is 1.76 bits per heavy atom. The highest BCUT2D eigenvalue weighted by molar-refractivity contribution is 5.90. The quantitative estimate of drug-likeness (QED) is 0.516. The van der Waals surface area contributed by atoms with E-state index in [1.54, 1.807) is 12.1 Å². The summed E-state index contributed by atoms with van der Waals surface area (Å²) in [6.45, 7) is 4.26. The van der Waals surface area contributed by atoms with Gasteiger partial charge in [0.2, 0.25) is 23.6 Å². The van der Waals surface area contributed by atoms with Gasteiger partial charge in [-0.05, 0) is 36.8 Å². The van der Waals surface area contributed by atoms with Crippen LogP contribution >= 0.6 is 0 Å². The van der Waals surface area contributed by atoms with Crippen LogP contribution in [0.2, 0.25) is 0 Å². The Hall–Kier alpha value is -3.89. The number of hydrogen-bond donors (Lipinski definition) is 2. The van der Waals surface area contributed by atoms with E-state index in [-0.39, 0.29) is 5.91 Å². The Morgan fingerprint density at radius 3 is 2.50 bits per heavy atom. The Morgan fingerprint density at radius 1 is 1.06 bits per heavy atom. The van der Waals surface area contributed by atoms with Crippen molar-refractivity contribution in [2.75, 3.05) is 28.6 Å². The summed E-state index contributed by atoms with van der Waals surface area (Å²) in [6, 6.07) is 7.02. The number of ether oxygens (including phenoxy) is 1. The van der Waals surface area contributed by atoms with Crippen molar-refractivity contribution in [1.82, 2.24) is 15.0 Å². The number of nitrogens with one attached hydrogen (secondary N) is 2. The van der Waals surface area contributed by atoms with E-state index in [9.17, 15) is 18.0 Å². The molecule has 2 N–H and O–H groups in total. The molecule has 3 aromatic rings. The highest BCUT2D eigenvalue weighted by Gasteiger charge is 2.25. The molecular weight excluding hydrogens is 449 g/mol. The smallest absolute Gasteiger partial charge is 0.232 e. The van der Waals surface area contributed by atoms with Crippen molar-refractivity contribution >= 4 is 29.2 Å². The summed E-state index contributed by atoms with van der Waals surface area (Å²) < 4.78 is 46.6. The average Bonchev–Trinajstić information content (AvgIpc) is 2.82. The molecule has 8 nitrogen and oxygen atoms in total. The first-order valence-electron chi connectivity index (χ1n) is 10.7. The van der Waals surface area contributed by atoms with Gasteiger partial charge in [0.15, 0.2) is 17.4 Å². The fourth-order valence-electron chi connectivity index (χ4n) is 3.67. The molecule has 1 fully saturated rings. The van der Waals surface area contributed by atoms with Crippen molar-refractivity contribution in [3.05, 3.63) is 59.7 Å². The molecule has 1 saturated heterocycles. The van der Waals surface area contributed by atoms with Crippen LogP contribution in [0.3, 0.4) is 0 Å². The summed E-state index contributed by atoms with van der Waals surface area (Å²) in [6.07, 6.45) is 1.81. The van der Waals surface area contributed by atoms with Crippen LogP contribution < -0.4 is 20.3 Å². The van der Waals surface area contributed by atoms with Crippen LogP contribution in [0, 0.1) is 24.4 Å². The Bertz CT molecular complexity index is 1200. The minimum atomic E-state index is -1.33. The summed E-state index contributed by atoms with van der Waals surface area (Å²) >= 11 is 0. The molecule has 1 aromatic heterocycles. The number of aromatic nitrogens is 3. The Labute approximate surface area is 194 Å². The number of benzene rings is 2. The summed E-state index contributed by atoms with van der Waals surface area (Å²) in [4.78, 5) is 26.2. The first-order valence-corrected chi connectivity index (χ1v) is 10.7. The number of hydrogen-bond acceptors (Lipinski definition) is 7. The Kier molecular flexibility index (Phi) is 6.80. The summed E-state index contributed by atoms with van der Waals surface area (Å²) in [7, 11) is 0. The molecule has 0 aliphatic carbocycles. The van der Waals surface area contributed by atoms with Gasteiger partial charge in [0.25, 0.3) is 0 Å². The molecule has 0 unspecified atom stereocenters. The van der Waals surface area contributed by atoms with Crippen molar-refractivity contribution in [2.24, 2.45) is 0 Å². The zero-order valence-corrected chi connectivity index (χ0v) is 18.6. The van der Waals surface area contributed by atoms with E-state index in [0.29, 0.717) is 43.5 Å². The SMILES string of the molecule is CC(=O)Nc1cccc(Nc2ncnc(N3CCC(Oc4c(F)ccc(F)c4F)CC3)n2)c1C. The number of carbonyl (C=O) groups is 1. The van der Waals surface area contributed by atoms with E-state index in [1.807, 2.05) is 17.9 Å². The second-order valence-electron chi connectivity index (χ2n) is 7.87. The van der Waals surface area contributed by atoms with Gasteiger partial charge in [-0.25, -0.2) is 18.7 Å². The van der Waals surface area contributed by atoms with Gasteiger partial charge in [-0.2, -0.15) is 9.37 Å². The summed E-state index contributed by atoms with van der Waals surface area (Å²) in [5.41, 5.74) is 2.24. The fraction of sp³-hybridized carbons (Fsp3) is 0.304. The minimum Gasteiger partial charge on any atom is -0.484 e. The van der Waals surface area contributed by atoms with Crippen molar-refractivity contribution < 1.29 is 22.7 Å². The molecule has 1 aliphatic rings. The van der Waals surface area contributed by atoms with Gasteiger partial charge in [0.05, 0.1) is 0 Å². The maximum absolute atomic E-state index is 13.9. The summed E-state index contributed by atoms with van der Waals surface area (Å²) in [5.74, 6) is -3.51. The summed E-state index contributed by atoms with van der Waals surface area (Å²) in [5, 5.41) is 5.91. The molecule has 2 aromatic carbocycles. The molecule has 2 heterocycles. The first-order chi connectivity index (χ1) is 16.3. The molecule has 1 aliphatic heterocycles. The normalized spacial score (nSPS) is 14.1. The lowest BCUT2D eigenvalue weighted by atomic mass is 10.1. The van der Waals surface area contributed by atoms with Gasteiger partial charge < -0.3 is 20.3 Å². The van der Waals surface area contributed by atoms with E-state index >= 15 is 0 Å². The molecule has 0 radical (unpaired) electrons. The third kappa shape index (κ3) is 5.19. The van der Waals surface area contributed by atoms with Crippen LogP contribution in [-0.4, -0.2) is 40.1 Å². The standard InChI is InChI=1S/C23H23F3N6O2/c1-13-18(29-14(2)33)4-3-5-19(13)30-22-27-12-28-23(31-22)32-10-8-15(9-11-32)34-21-17(25)7-6-16(24)20(21)26/h3-7,12,15H,8-11H2,1-2H3,(H,29,33)(H,27,28,30,31). The molecule has 0 saturated carbocycles. The van der Waals surface area contributed by atoms with E-state index in [4.69, 9.17) is 4.74 Å². The third-order valence-electron chi connectivity index (χ3n) is 5.46. The van der Waals surface area contributed by atoms with Gasteiger partial charge >= 0.3 is 0 Å². The van der Waals surface area contributed by atoms with Gasteiger partial charge in [0, 0.05) is 44.2 Å². The molecular formula is C23H23F3N6O2. The molecule has 0 spiro atoms. The first kappa shape index (κ1) is 23.3. The zero-order chi connectivity index (χ0) is 24.2. The minimum absolute atomic E-state index is 0.169. The van der Waals surface area contributed by atoms with Crippen LogP contribution in [0.5, 0.6) is 5.75 Å². The van der Waals surface area contributed by atoms with Crippen LogP contribution in [0.1, 0.15) is 25.3 Å². The maximum atomic E-state index is 13.9. The van der Waals surface area contributed by atoms with E-state index in [0.717, 1.165) is 23.4 Å². The maximum Gasteiger partial charge on any atom is 0.232 e. The number of nitrogens with zero attached hydrogens (tertiary/aromatic N) is 4. The average molecular weight is 472 g/mol. The van der Waals surface area contributed by atoms with Crippen LogP contribution in [0.25, 0.3) is 0 Å². The number of halogens is 3. The lowest BCUT2D eigenvalue weighted by molar-refractivity contribution is -0.114.